The second-order valence-corrected chi connectivity index (χ2v) is 9.01. The fourth-order valence-electron chi connectivity index (χ4n) is 4.17. The lowest BCUT2D eigenvalue weighted by Gasteiger charge is -2.43. The summed E-state index contributed by atoms with van der Waals surface area (Å²) in [6, 6.07) is -0.451. The van der Waals surface area contributed by atoms with Gasteiger partial charge < -0.3 is 14.4 Å². The summed E-state index contributed by atoms with van der Waals surface area (Å²) in [7, 11) is 0. The lowest BCUT2D eigenvalue weighted by molar-refractivity contribution is 0.00234. The number of hydrogen-bond acceptors (Lipinski definition) is 7. The largest absolute Gasteiger partial charge is 0.505 e. The Morgan fingerprint density at radius 2 is 1.96 bits per heavy atom. The van der Waals surface area contributed by atoms with Gasteiger partial charge in [0.05, 0.1) is 17.5 Å². The van der Waals surface area contributed by atoms with Gasteiger partial charge in [0.1, 0.15) is 11.2 Å². The number of aromatic nitrogens is 3. The number of amides is 2. The molecule has 1 fully saturated rings. The van der Waals surface area contributed by atoms with Crippen LogP contribution in [0.4, 0.5) is 4.79 Å². The standard InChI is InChI=1S/C19H24N4O4S/c1-19(2,3)27-18(26)23-12-8-6-5-7-11(12)22-13(16(23)25)14(24)10-9-20-17(28-4)21-15(10)22/h9,11-12,24H,5-8H2,1-4H3/t11-,12-/m0/s1. The average Bonchev–Trinajstić information content (AvgIpc) is 2.93. The van der Waals surface area contributed by atoms with Crippen LogP contribution in [0.25, 0.3) is 11.0 Å². The van der Waals surface area contributed by atoms with Gasteiger partial charge in [0.2, 0.25) is 0 Å². The van der Waals surface area contributed by atoms with Crippen LogP contribution in [0.2, 0.25) is 0 Å². The van der Waals surface area contributed by atoms with E-state index in [0.29, 0.717) is 22.6 Å². The highest BCUT2D eigenvalue weighted by Gasteiger charge is 2.48. The fraction of sp³-hybridized carbons (Fsp3) is 0.579. The zero-order valence-corrected chi connectivity index (χ0v) is 17.2. The second kappa shape index (κ2) is 6.65. The van der Waals surface area contributed by atoms with Crippen LogP contribution in [0.5, 0.6) is 5.75 Å². The highest BCUT2D eigenvalue weighted by atomic mass is 32.2. The number of thioether (sulfide) groups is 1. The summed E-state index contributed by atoms with van der Waals surface area (Å²) in [5.41, 5.74) is -0.0792. The summed E-state index contributed by atoms with van der Waals surface area (Å²) in [5.74, 6) is -0.719. The molecule has 0 unspecified atom stereocenters. The summed E-state index contributed by atoms with van der Waals surface area (Å²) in [6.07, 6.45) is 6.16. The van der Waals surface area contributed by atoms with Gasteiger partial charge in [-0.25, -0.2) is 19.7 Å². The molecule has 0 saturated heterocycles. The maximum Gasteiger partial charge on any atom is 0.417 e. The van der Waals surface area contributed by atoms with Crippen molar-refractivity contribution in [3.8, 4) is 5.75 Å². The van der Waals surface area contributed by atoms with Gasteiger partial charge in [0.25, 0.3) is 5.91 Å². The Balaban J connectivity index is 1.90. The van der Waals surface area contributed by atoms with E-state index in [1.165, 1.54) is 22.9 Å². The van der Waals surface area contributed by atoms with Crippen molar-refractivity contribution < 1.29 is 19.4 Å². The second-order valence-electron chi connectivity index (χ2n) is 8.24. The molecule has 1 saturated carbocycles. The third-order valence-corrected chi connectivity index (χ3v) is 5.81. The first kappa shape index (κ1) is 19.0. The minimum Gasteiger partial charge on any atom is -0.505 e. The number of imide groups is 1. The van der Waals surface area contributed by atoms with Crippen LogP contribution in [0.1, 0.15) is 63.0 Å². The Labute approximate surface area is 167 Å². The minimum atomic E-state index is -0.716. The molecule has 2 aromatic heterocycles. The van der Waals surface area contributed by atoms with Crippen molar-refractivity contribution in [2.75, 3.05) is 6.26 Å². The van der Waals surface area contributed by atoms with Gasteiger partial charge in [-0.2, -0.15) is 0 Å². The Morgan fingerprint density at radius 3 is 2.61 bits per heavy atom. The van der Waals surface area contributed by atoms with Crippen LogP contribution >= 0.6 is 11.8 Å². The Kier molecular flexibility index (Phi) is 4.52. The monoisotopic (exact) mass is 404 g/mol. The molecule has 1 aliphatic heterocycles. The molecule has 1 aliphatic carbocycles. The molecule has 2 aromatic rings. The van der Waals surface area contributed by atoms with Crippen molar-refractivity contribution in [3.05, 3.63) is 11.9 Å². The molecule has 150 valence electrons. The first-order valence-corrected chi connectivity index (χ1v) is 10.7. The van der Waals surface area contributed by atoms with E-state index < -0.39 is 17.6 Å². The van der Waals surface area contributed by atoms with E-state index >= 15 is 0 Å². The van der Waals surface area contributed by atoms with Crippen molar-refractivity contribution in [2.24, 2.45) is 0 Å². The number of rotatable bonds is 1. The van der Waals surface area contributed by atoms with Gasteiger partial charge >= 0.3 is 6.09 Å². The number of fused-ring (bicyclic) bond motifs is 5. The Morgan fingerprint density at radius 1 is 1.29 bits per heavy atom. The molecule has 0 radical (unpaired) electrons. The van der Waals surface area contributed by atoms with E-state index in [-0.39, 0.29) is 23.5 Å². The molecule has 0 bridgehead atoms. The van der Waals surface area contributed by atoms with E-state index in [1.807, 2.05) is 10.8 Å². The van der Waals surface area contributed by atoms with E-state index in [4.69, 9.17) is 4.74 Å². The number of aromatic hydroxyl groups is 1. The summed E-state index contributed by atoms with van der Waals surface area (Å²) < 4.78 is 7.32. The van der Waals surface area contributed by atoms with Crippen molar-refractivity contribution in [1.82, 2.24) is 19.4 Å². The topological polar surface area (TPSA) is 97.6 Å². The lowest BCUT2D eigenvalue weighted by Crippen LogP contribution is -2.55. The zero-order valence-electron chi connectivity index (χ0n) is 16.4. The predicted octanol–water partition coefficient (Wildman–Crippen LogP) is 3.73. The first-order chi connectivity index (χ1) is 13.2. The quantitative estimate of drug-likeness (QED) is 0.571. The molecule has 1 N–H and O–H groups in total. The third-order valence-electron chi connectivity index (χ3n) is 5.25. The van der Waals surface area contributed by atoms with Gasteiger partial charge in [0, 0.05) is 6.20 Å². The number of ether oxygens (including phenoxy) is 1. The fourth-order valence-corrected chi connectivity index (χ4v) is 4.51. The highest BCUT2D eigenvalue weighted by Crippen LogP contribution is 2.45. The molecule has 0 spiro atoms. The molecule has 4 rings (SSSR count). The van der Waals surface area contributed by atoms with Crippen LogP contribution in [-0.2, 0) is 4.74 Å². The van der Waals surface area contributed by atoms with E-state index in [1.54, 1.807) is 20.8 Å². The smallest absolute Gasteiger partial charge is 0.417 e. The summed E-state index contributed by atoms with van der Waals surface area (Å²) in [5, 5.41) is 11.8. The molecule has 3 heterocycles. The lowest BCUT2D eigenvalue weighted by atomic mass is 9.87. The van der Waals surface area contributed by atoms with Crippen molar-refractivity contribution >= 4 is 34.8 Å². The molecular formula is C19H24N4O4S. The molecule has 28 heavy (non-hydrogen) atoms. The summed E-state index contributed by atoms with van der Waals surface area (Å²) >= 11 is 1.40. The average molecular weight is 404 g/mol. The van der Waals surface area contributed by atoms with Crippen LogP contribution in [0, 0.1) is 0 Å². The maximum atomic E-state index is 13.3. The van der Waals surface area contributed by atoms with Gasteiger partial charge in [-0.05, 0) is 39.9 Å². The van der Waals surface area contributed by atoms with Crippen LogP contribution < -0.4 is 0 Å². The van der Waals surface area contributed by atoms with Gasteiger partial charge in [-0.1, -0.05) is 24.6 Å². The predicted molar refractivity (Wildman–Crippen MR) is 105 cm³/mol. The van der Waals surface area contributed by atoms with Crippen LogP contribution in [-0.4, -0.2) is 54.4 Å². The molecule has 9 heteroatoms. The number of carbonyl (C=O) groups excluding carboxylic acids is 2. The van der Waals surface area contributed by atoms with Crippen molar-refractivity contribution in [1.29, 1.82) is 0 Å². The zero-order chi connectivity index (χ0) is 20.2. The Bertz CT molecular complexity index is 965. The summed E-state index contributed by atoms with van der Waals surface area (Å²) in [4.78, 5) is 36.2. The van der Waals surface area contributed by atoms with Gasteiger partial charge in [-0.15, -0.1) is 0 Å². The van der Waals surface area contributed by atoms with E-state index in [2.05, 4.69) is 9.97 Å². The number of carbonyl (C=O) groups is 2. The van der Waals surface area contributed by atoms with Crippen molar-refractivity contribution in [3.63, 3.8) is 0 Å². The molecule has 2 amide bonds. The Hall–Kier alpha value is -2.29. The normalized spacial score (nSPS) is 22.1. The molecule has 0 aromatic carbocycles. The SMILES string of the molecule is CSc1ncc2c(O)c3n(c2n1)[C@H]1CCCC[C@@H]1N(C(=O)OC(C)(C)C)C3=O. The molecule has 2 atom stereocenters. The van der Waals surface area contributed by atoms with E-state index in [9.17, 15) is 14.7 Å². The summed E-state index contributed by atoms with van der Waals surface area (Å²) in [6.45, 7) is 5.31. The number of nitrogens with zero attached hydrogens (tertiary/aromatic N) is 4. The first-order valence-electron chi connectivity index (χ1n) is 9.43. The van der Waals surface area contributed by atoms with E-state index in [0.717, 1.165) is 19.3 Å². The minimum absolute atomic E-state index is 0.0940. The van der Waals surface area contributed by atoms with Gasteiger partial charge in [0.15, 0.2) is 16.6 Å². The highest BCUT2D eigenvalue weighted by molar-refractivity contribution is 7.98. The molecule has 2 aliphatic rings. The number of hydrogen-bond donors (Lipinski definition) is 1. The van der Waals surface area contributed by atoms with Crippen LogP contribution in [0.15, 0.2) is 11.4 Å². The third kappa shape index (κ3) is 2.92. The maximum absolute atomic E-state index is 13.3. The van der Waals surface area contributed by atoms with Crippen molar-refractivity contribution in [2.45, 2.75) is 69.3 Å². The molecule has 8 nitrogen and oxygen atoms in total. The molecular weight excluding hydrogens is 380 g/mol. The van der Waals surface area contributed by atoms with Gasteiger partial charge in [-0.3, -0.25) is 4.79 Å². The van der Waals surface area contributed by atoms with Crippen LogP contribution in [0.3, 0.4) is 0 Å².